The normalized spacial score (nSPS) is 21.4. The molecule has 1 saturated heterocycles. The molecular weight excluding hydrogens is 282 g/mol. The van der Waals surface area contributed by atoms with E-state index in [0.29, 0.717) is 36.8 Å². The molecule has 0 aromatic carbocycles. The van der Waals surface area contributed by atoms with Gasteiger partial charge in [-0.15, -0.1) is 0 Å². The summed E-state index contributed by atoms with van der Waals surface area (Å²) < 4.78 is 11.1. The summed E-state index contributed by atoms with van der Waals surface area (Å²) >= 11 is 0. The van der Waals surface area contributed by atoms with Crippen LogP contribution in [0.1, 0.15) is 64.3 Å². The van der Waals surface area contributed by atoms with E-state index in [0.717, 1.165) is 19.4 Å². The minimum absolute atomic E-state index is 0.144. The van der Waals surface area contributed by atoms with Crippen LogP contribution in [0.4, 0.5) is 0 Å². The van der Waals surface area contributed by atoms with Crippen molar-refractivity contribution in [1.29, 1.82) is 0 Å². The lowest BCUT2D eigenvalue weighted by molar-refractivity contribution is 0.0402. The minimum atomic E-state index is -0.144. The average Bonchev–Trinajstić information content (AvgIpc) is 2.96. The molecule has 1 fully saturated rings. The van der Waals surface area contributed by atoms with Gasteiger partial charge < -0.3 is 14.4 Å². The van der Waals surface area contributed by atoms with Gasteiger partial charge in [0, 0.05) is 19.3 Å². The molecule has 0 amide bonds. The number of aromatic nitrogens is 2. The van der Waals surface area contributed by atoms with E-state index in [2.05, 4.69) is 28.9 Å². The van der Waals surface area contributed by atoms with Gasteiger partial charge in [0.05, 0.1) is 6.54 Å². The molecule has 1 aliphatic rings. The van der Waals surface area contributed by atoms with Gasteiger partial charge in [-0.05, 0) is 38.6 Å². The zero-order valence-electron chi connectivity index (χ0n) is 14.0. The maximum absolute atomic E-state index is 9.19. The molecule has 1 aliphatic heterocycles. The third-order valence-electron chi connectivity index (χ3n) is 4.08. The van der Waals surface area contributed by atoms with E-state index in [1.807, 2.05) is 6.92 Å². The second-order valence-electron chi connectivity index (χ2n) is 6.55. The number of hydrogen-bond donors (Lipinski definition) is 1. The SMILES string of the molecule is CC(C)COC(C)c1noc(CN2CCCCC2CCO)n1. The first-order valence-electron chi connectivity index (χ1n) is 8.39. The molecule has 126 valence electrons. The third kappa shape index (κ3) is 5.04. The number of nitrogens with zero attached hydrogens (tertiary/aromatic N) is 3. The average molecular weight is 311 g/mol. The fraction of sp³-hybridized carbons (Fsp3) is 0.875. The molecular formula is C16H29N3O3. The highest BCUT2D eigenvalue weighted by molar-refractivity contribution is 4.91. The van der Waals surface area contributed by atoms with E-state index in [1.54, 1.807) is 0 Å². The molecule has 1 N–H and O–H groups in total. The summed E-state index contributed by atoms with van der Waals surface area (Å²) in [6.45, 7) is 8.80. The molecule has 2 heterocycles. The number of hydrogen-bond acceptors (Lipinski definition) is 6. The molecule has 2 atom stereocenters. The standard InChI is InChI=1S/C16H29N3O3/c1-12(2)11-21-13(3)16-17-15(22-18-16)10-19-8-5-4-6-14(19)7-9-20/h12-14,20H,4-11H2,1-3H3. The van der Waals surface area contributed by atoms with Gasteiger partial charge in [-0.3, -0.25) is 4.90 Å². The van der Waals surface area contributed by atoms with Crippen molar-refractivity contribution < 1.29 is 14.4 Å². The van der Waals surface area contributed by atoms with Crippen LogP contribution in [0.15, 0.2) is 4.52 Å². The summed E-state index contributed by atoms with van der Waals surface area (Å²) in [4.78, 5) is 6.81. The Labute approximate surface area is 132 Å². The Morgan fingerprint density at radius 2 is 2.18 bits per heavy atom. The van der Waals surface area contributed by atoms with Crippen LogP contribution in [0, 0.1) is 5.92 Å². The van der Waals surface area contributed by atoms with E-state index >= 15 is 0 Å². The molecule has 0 bridgehead atoms. The zero-order valence-corrected chi connectivity index (χ0v) is 14.0. The topological polar surface area (TPSA) is 71.6 Å². The Bertz CT molecular complexity index is 434. The molecule has 0 aliphatic carbocycles. The second kappa shape index (κ2) is 8.60. The first kappa shape index (κ1) is 17.4. The highest BCUT2D eigenvalue weighted by Crippen LogP contribution is 2.22. The van der Waals surface area contributed by atoms with Gasteiger partial charge in [0.1, 0.15) is 6.10 Å². The molecule has 6 heteroatoms. The van der Waals surface area contributed by atoms with E-state index in [9.17, 15) is 5.11 Å². The molecule has 0 saturated carbocycles. The quantitative estimate of drug-likeness (QED) is 0.795. The van der Waals surface area contributed by atoms with Crippen molar-refractivity contribution in [3.05, 3.63) is 11.7 Å². The van der Waals surface area contributed by atoms with Gasteiger partial charge >= 0.3 is 0 Å². The molecule has 2 unspecified atom stereocenters. The Balaban J connectivity index is 1.90. The second-order valence-corrected chi connectivity index (χ2v) is 6.55. The van der Waals surface area contributed by atoms with Gasteiger partial charge in [-0.25, -0.2) is 0 Å². The number of aliphatic hydroxyl groups is 1. The van der Waals surface area contributed by atoms with E-state index in [-0.39, 0.29) is 12.7 Å². The summed E-state index contributed by atoms with van der Waals surface area (Å²) in [5, 5.41) is 13.2. The number of rotatable bonds is 8. The molecule has 1 aromatic rings. The number of aliphatic hydroxyl groups excluding tert-OH is 1. The molecule has 0 radical (unpaired) electrons. The predicted octanol–water partition coefficient (Wildman–Crippen LogP) is 2.54. The van der Waals surface area contributed by atoms with Gasteiger partial charge in [0.25, 0.3) is 0 Å². The summed E-state index contributed by atoms with van der Waals surface area (Å²) in [5.41, 5.74) is 0. The van der Waals surface area contributed by atoms with Crippen LogP contribution in [0.2, 0.25) is 0 Å². The largest absolute Gasteiger partial charge is 0.396 e. The van der Waals surface area contributed by atoms with Crippen LogP contribution in [-0.4, -0.2) is 45.9 Å². The Kier molecular flexibility index (Phi) is 6.79. The van der Waals surface area contributed by atoms with Crippen molar-refractivity contribution in [3.8, 4) is 0 Å². The van der Waals surface area contributed by atoms with Gasteiger partial charge in [0.15, 0.2) is 5.82 Å². The van der Waals surface area contributed by atoms with Crippen LogP contribution in [-0.2, 0) is 11.3 Å². The third-order valence-corrected chi connectivity index (χ3v) is 4.08. The Hall–Kier alpha value is -0.980. The van der Waals surface area contributed by atoms with Crippen molar-refractivity contribution in [2.45, 2.75) is 65.1 Å². The van der Waals surface area contributed by atoms with Crippen molar-refractivity contribution in [3.63, 3.8) is 0 Å². The first-order valence-corrected chi connectivity index (χ1v) is 8.39. The molecule has 0 spiro atoms. The number of piperidine rings is 1. The smallest absolute Gasteiger partial charge is 0.240 e. The fourth-order valence-corrected chi connectivity index (χ4v) is 2.83. The van der Waals surface area contributed by atoms with Crippen LogP contribution in [0.5, 0.6) is 0 Å². The summed E-state index contributed by atoms with van der Waals surface area (Å²) in [7, 11) is 0. The zero-order chi connectivity index (χ0) is 15.9. The number of ether oxygens (including phenoxy) is 1. The summed E-state index contributed by atoms with van der Waals surface area (Å²) in [5.74, 6) is 1.74. The van der Waals surface area contributed by atoms with Crippen molar-refractivity contribution in [2.75, 3.05) is 19.8 Å². The molecule has 22 heavy (non-hydrogen) atoms. The van der Waals surface area contributed by atoms with Crippen LogP contribution >= 0.6 is 0 Å². The lowest BCUT2D eigenvalue weighted by atomic mass is 10.00. The van der Waals surface area contributed by atoms with Gasteiger partial charge in [-0.1, -0.05) is 25.4 Å². The fourth-order valence-electron chi connectivity index (χ4n) is 2.83. The highest BCUT2D eigenvalue weighted by Gasteiger charge is 2.24. The first-order chi connectivity index (χ1) is 10.6. The Morgan fingerprint density at radius 1 is 1.36 bits per heavy atom. The lowest BCUT2D eigenvalue weighted by Crippen LogP contribution is -2.39. The van der Waals surface area contributed by atoms with E-state index in [4.69, 9.17) is 9.26 Å². The lowest BCUT2D eigenvalue weighted by Gasteiger charge is -2.34. The van der Waals surface area contributed by atoms with Crippen molar-refractivity contribution in [1.82, 2.24) is 15.0 Å². The maximum Gasteiger partial charge on any atom is 0.240 e. The molecule has 2 rings (SSSR count). The van der Waals surface area contributed by atoms with Crippen LogP contribution in [0.3, 0.4) is 0 Å². The summed E-state index contributed by atoms with van der Waals surface area (Å²) in [6.07, 6.45) is 4.23. The minimum Gasteiger partial charge on any atom is -0.396 e. The summed E-state index contributed by atoms with van der Waals surface area (Å²) in [6, 6.07) is 0.420. The highest BCUT2D eigenvalue weighted by atomic mass is 16.5. The number of likely N-dealkylation sites (tertiary alicyclic amines) is 1. The monoisotopic (exact) mass is 311 g/mol. The Morgan fingerprint density at radius 3 is 2.91 bits per heavy atom. The van der Waals surface area contributed by atoms with Crippen LogP contribution in [0.25, 0.3) is 0 Å². The van der Waals surface area contributed by atoms with Crippen molar-refractivity contribution >= 4 is 0 Å². The van der Waals surface area contributed by atoms with Crippen LogP contribution < -0.4 is 0 Å². The van der Waals surface area contributed by atoms with Crippen molar-refractivity contribution in [2.24, 2.45) is 5.92 Å². The molecule has 1 aromatic heterocycles. The van der Waals surface area contributed by atoms with E-state index < -0.39 is 0 Å². The van der Waals surface area contributed by atoms with Gasteiger partial charge in [0.2, 0.25) is 5.89 Å². The van der Waals surface area contributed by atoms with E-state index in [1.165, 1.54) is 12.8 Å². The maximum atomic E-state index is 9.19. The molecule has 6 nitrogen and oxygen atoms in total. The predicted molar refractivity (Wildman–Crippen MR) is 83.3 cm³/mol. The van der Waals surface area contributed by atoms with Gasteiger partial charge in [-0.2, -0.15) is 4.98 Å².